The maximum atomic E-state index is 4.83. The third-order valence-corrected chi connectivity index (χ3v) is 5.31. The molecule has 2 aromatic heterocycles. The highest BCUT2D eigenvalue weighted by Gasteiger charge is 2.25. The maximum Gasteiger partial charge on any atom is 0.225 e. The van der Waals surface area contributed by atoms with Crippen molar-refractivity contribution in [2.75, 3.05) is 18.0 Å². The summed E-state index contributed by atoms with van der Waals surface area (Å²) >= 11 is 0. The van der Waals surface area contributed by atoms with Crippen LogP contribution in [0.15, 0.2) is 30.5 Å². The zero-order chi connectivity index (χ0) is 17.4. The van der Waals surface area contributed by atoms with E-state index in [1.54, 1.807) is 0 Å². The third-order valence-electron chi connectivity index (χ3n) is 5.31. The van der Waals surface area contributed by atoms with Crippen LogP contribution in [0.5, 0.6) is 0 Å². The van der Waals surface area contributed by atoms with Crippen LogP contribution >= 0.6 is 0 Å². The van der Waals surface area contributed by atoms with Crippen LogP contribution in [0.3, 0.4) is 0 Å². The minimum Gasteiger partial charge on any atom is -0.341 e. The van der Waals surface area contributed by atoms with E-state index in [1.807, 2.05) is 6.20 Å². The molecule has 5 heteroatoms. The number of hydrogen-bond donors (Lipinski definition) is 0. The average molecular weight is 335 g/mol. The zero-order valence-corrected chi connectivity index (χ0v) is 15.2. The normalized spacial score (nSPS) is 15.9. The van der Waals surface area contributed by atoms with Gasteiger partial charge in [0.05, 0.1) is 11.0 Å². The van der Waals surface area contributed by atoms with Crippen LogP contribution in [0.4, 0.5) is 5.95 Å². The van der Waals surface area contributed by atoms with E-state index in [0.29, 0.717) is 6.04 Å². The third kappa shape index (κ3) is 2.88. The Kier molecular flexibility index (Phi) is 4.15. The van der Waals surface area contributed by atoms with Crippen molar-refractivity contribution in [3.05, 3.63) is 47.5 Å². The summed E-state index contributed by atoms with van der Waals surface area (Å²) in [6.07, 6.45) is 5.10. The standard InChI is InChI=1S/C20H25N5/c1-4-19-23-17-7-5-6-8-18(17)25(19)16-9-11-24(12-10-16)20-21-13-14(2)15(3)22-20/h5-8,13,16H,4,9-12H2,1-3H3. The largest absolute Gasteiger partial charge is 0.341 e. The Morgan fingerprint density at radius 3 is 2.56 bits per heavy atom. The molecule has 3 aromatic rings. The molecule has 0 aliphatic carbocycles. The van der Waals surface area contributed by atoms with Gasteiger partial charge in [0.25, 0.3) is 0 Å². The summed E-state index contributed by atoms with van der Waals surface area (Å²) in [4.78, 5) is 16.3. The van der Waals surface area contributed by atoms with E-state index in [0.717, 1.165) is 55.1 Å². The van der Waals surface area contributed by atoms with E-state index in [4.69, 9.17) is 4.98 Å². The Morgan fingerprint density at radius 1 is 1.08 bits per heavy atom. The smallest absolute Gasteiger partial charge is 0.225 e. The molecule has 130 valence electrons. The van der Waals surface area contributed by atoms with Crippen LogP contribution < -0.4 is 4.90 Å². The number of hydrogen-bond acceptors (Lipinski definition) is 4. The number of nitrogens with zero attached hydrogens (tertiary/aromatic N) is 5. The number of aromatic nitrogens is 4. The Bertz CT molecular complexity index is 890. The summed E-state index contributed by atoms with van der Waals surface area (Å²) in [5, 5.41) is 0. The van der Waals surface area contributed by atoms with E-state index >= 15 is 0 Å². The van der Waals surface area contributed by atoms with Gasteiger partial charge in [-0.3, -0.25) is 0 Å². The Labute approximate surface area is 148 Å². The first-order chi connectivity index (χ1) is 12.2. The first-order valence-electron chi connectivity index (χ1n) is 9.18. The summed E-state index contributed by atoms with van der Waals surface area (Å²) in [5.74, 6) is 2.06. The molecule has 0 spiro atoms. The number of piperidine rings is 1. The quantitative estimate of drug-likeness (QED) is 0.729. The van der Waals surface area contributed by atoms with Gasteiger partial charge in [0.1, 0.15) is 5.82 Å². The molecule has 0 N–H and O–H groups in total. The Morgan fingerprint density at radius 2 is 1.84 bits per heavy atom. The number of aryl methyl sites for hydroxylation is 3. The van der Waals surface area contributed by atoms with E-state index in [1.165, 1.54) is 11.3 Å². The van der Waals surface area contributed by atoms with Crippen LogP contribution in [0, 0.1) is 13.8 Å². The van der Waals surface area contributed by atoms with Crippen LogP contribution in [0.2, 0.25) is 0 Å². The SMILES string of the molecule is CCc1nc2ccccc2n1C1CCN(c2ncc(C)c(C)n2)CC1. The molecule has 0 unspecified atom stereocenters. The molecule has 0 radical (unpaired) electrons. The predicted molar refractivity (Wildman–Crippen MR) is 101 cm³/mol. The van der Waals surface area contributed by atoms with Gasteiger partial charge in [0, 0.05) is 37.4 Å². The van der Waals surface area contributed by atoms with Crippen molar-refractivity contribution >= 4 is 17.0 Å². The van der Waals surface area contributed by atoms with Gasteiger partial charge in [-0.05, 0) is 44.4 Å². The van der Waals surface area contributed by atoms with Crippen molar-refractivity contribution in [3.63, 3.8) is 0 Å². The summed E-state index contributed by atoms with van der Waals surface area (Å²) in [6, 6.07) is 8.99. The molecule has 0 amide bonds. The second-order valence-corrected chi connectivity index (χ2v) is 6.90. The number of fused-ring (bicyclic) bond motifs is 1. The zero-order valence-electron chi connectivity index (χ0n) is 15.2. The van der Waals surface area contributed by atoms with Crippen molar-refractivity contribution in [2.45, 2.75) is 46.1 Å². The van der Waals surface area contributed by atoms with Gasteiger partial charge in [-0.1, -0.05) is 19.1 Å². The van der Waals surface area contributed by atoms with E-state index in [9.17, 15) is 0 Å². The van der Waals surface area contributed by atoms with Crippen LogP contribution in [0.1, 0.15) is 42.9 Å². The fourth-order valence-electron chi connectivity index (χ4n) is 3.74. The number of imidazole rings is 1. The topological polar surface area (TPSA) is 46.8 Å². The maximum absolute atomic E-state index is 4.83. The number of anilines is 1. The monoisotopic (exact) mass is 335 g/mol. The number of para-hydroxylation sites is 2. The molecule has 4 rings (SSSR count). The second-order valence-electron chi connectivity index (χ2n) is 6.90. The molecule has 1 saturated heterocycles. The molecule has 1 fully saturated rings. The first-order valence-corrected chi connectivity index (χ1v) is 9.18. The molecule has 1 aliphatic rings. The molecular formula is C20H25N5. The fraction of sp³-hybridized carbons (Fsp3) is 0.450. The molecular weight excluding hydrogens is 310 g/mol. The molecule has 3 heterocycles. The second kappa shape index (κ2) is 6.47. The molecule has 0 saturated carbocycles. The van der Waals surface area contributed by atoms with E-state index in [-0.39, 0.29) is 0 Å². The molecule has 5 nitrogen and oxygen atoms in total. The van der Waals surface area contributed by atoms with Gasteiger partial charge in [-0.15, -0.1) is 0 Å². The van der Waals surface area contributed by atoms with Crippen LogP contribution in [0.25, 0.3) is 11.0 Å². The van der Waals surface area contributed by atoms with Gasteiger partial charge in [0.2, 0.25) is 5.95 Å². The summed E-state index contributed by atoms with van der Waals surface area (Å²) in [6.45, 7) is 8.28. The van der Waals surface area contributed by atoms with Crippen molar-refractivity contribution in [3.8, 4) is 0 Å². The average Bonchev–Trinajstić information content (AvgIpc) is 3.03. The first kappa shape index (κ1) is 16.1. The minimum atomic E-state index is 0.505. The molecule has 0 atom stereocenters. The van der Waals surface area contributed by atoms with Crippen LogP contribution in [-0.4, -0.2) is 32.6 Å². The highest BCUT2D eigenvalue weighted by Crippen LogP contribution is 2.30. The predicted octanol–water partition coefficient (Wildman–Crippen LogP) is 3.85. The number of benzene rings is 1. The van der Waals surface area contributed by atoms with E-state index < -0.39 is 0 Å². The Hall–Kier alpha value is -2.43. The van der Waals surface area contributed by atoms with Gasteiger partial charge in [-0.2, -0.15) is 0 Å². The lowest BCUT2D eigenvalue weighted by molar-refractivity contribution is 0.392. The lowest BCUT2D eigenvalue weighted by atomic mass is 10.0. The summed E-state index contributed by atoms with van der Waals surface area (Å²) < 4.78 is 2.47. The van der Waals surface area contributed by atoms with Gasteiger partial charge < -0.3 is 9.47 Å². The van der Waals surface area contributed by atoms with Crippen molar-refractivity contribution in [1.82, 2.24) is 19.5 Å². The van der Waals surface area contributed by atoms with Crippen molar-refractivity contribution in [1.29, 1.82) is 0 Å². The lowest BCUT2D eigenvalue weighted by Crippen LogP contribution is -2.36. The fourth-order valence-corrected chi connectivity index (χ4v) is 3.74. The highest BCUT2D eigenvalue weighted by molar-refractivity contribution is 5.76. The Balaban J connectivity index is 1.57. The van der Waals surface area contributed by atoms with Gasteiger partial charge >= 0.3 is 0 Å². The van der Waals surface area contributed by atoms with Gasteiger partial charge in [0.15, 0.2) is 0 Å². The molecule has 0 bridgehead atoms. The van der Waals surface area contributed by atoms with E-state index in [2.05, 4.69) is 64.5 Å². The highest BCUT2D eigenvalue weighted by atomic mass is 15.3. The van der Waals surface area contributed by atoms with Gasteiger partial charge in [-0.25, -0.2) is 15.0 Å². The number of rotatable bonds is 3. The molecule has 25 heavy (non-hydrogen) atoms. The molecule has 1 aromatic carbocycles. The van der Waals surface area contributed by atoms with Crippen molar-refractivity contribution < 1.29 is 0 Å². The molecule has 1 aliphatic heterocycles. The summed E-state index contributed by atoms with van der Waals surface area (Å²) in [5.41, 5.74) is 4.59. The van der Waals surface area contributed by atoms with Crippen LogP contribution in [-0.2, 0) is 6.42 Å². The minimum absolute atomic E-state index is 0.505. The summed E-state index contributed by atoms with van der Waals surface area (Å²) in [7, 11) is 0. The lowest BCUT2D eigenvalue weighted by Gasteiger charge is -2.33. The van der Waals surface area contributed by atoms with Crippen molar-refractivity contribution in [2.24, 2.45) is 0 Å².